The second kappa shape index (κ2) is 2.36. The highest BCUT2D eigenvalue weighted by Crippen LogP contribution is 2.35. The van der Waals surface area contributed by atoms with E-state index in [9.17, 15) is 0 Å². The normalized spacial score (nSPS) is 10.6. The molecular formula is C7H5ClN2S. The first kappa shape index (κ1) is 6.88. The van der Waals surface area contributed by atoms with Gasteiger partial charge in [0.05, 0.1) is 10.4 Å². The fourth-order valence-electron chi connectivity index (χ4n) is 0.920. The summed E-state index contributed by atoms with van der Waals surface area (Å²) in [6.07, 6.45) is 1.71. The van der Waals surface area contributed by atoms with Crippen LogP contribution in [0.1, 0.15) is 0 Å². The summed E-state index contributed by atoms with van der Waals surface area (Å²) in [7, 11) is 0. The molecule has 0 saturated carbocycles. The first-order valence-electron chi connectivity index (χ1n) is 3.07. The Bertz CT molecular complexity index is 396. The first-order valence-corrected chi connectivity index (χ1v) is 4.27. The number of rotatable bonds is 0. The molecule has 2 aromatic heterocycles. The number of halogens is 1. The monoisotopic (exact) mass is 184 g/mol. The molecule has 0 aromatic carbocycles. The van der Waals surface area contributed by atoms with Crippen LogP contribution >= 0.6 is 22.9 Å². The molecule has 0 radical (unpaired) electrons. The average Bonchev–Trinajstić information content (AvgIpc) is 2.30. The van der Waals surface area contributed by atoms with Crippen LogP contribution in [0.3, 0.4) is 0 Å². The molecule has 2 N–H and O–H groups in total. The number of nitrogen functional groups attached to an aromatic ring is 1. The molecule has 0 aliphatic heterocycles. The molecule has 0 aliphatic carbocycles. The summed E-state index contributed by atoms with van der Waals surface area (Å²) in [5, 5.41) is 0. The van der Waals surface area contributed by atoms with Gasteiger partial charge in [0.15, 0.2) is 0 Å². The van der Waals surface area contributed by atoms with Crippen molar-refractivity contribution < 1.29 is 0 Å². The minimum atomic E-state index is 0.590. The fraction of sp³-hybridized carbons (Fsp3) is 0. The fourth-order valence-corrected chi connectivity index (χ4v) is 2.06. The second-order valence-electron chi connectivity index (χ2n) is 2.14. The number of nitrogens with zero attached hydrogens (tertiary/aromatic N) is 1. The summed E-state index contributed by atoms with van der Waals surface area (Å²) in [6.45, 7) is 0. The van der Waals surface area contributed by atoms with Gasteiger partial charge in [0.25, 0.3) is 0 Å². The Morgan fingerprint density at radius 1 is 1.55 bits per heavy atom. The molecule has 2 nitrogen and oxygen atoms in total. The van der Waals surface area contributed by atoms with Crippen molar-refractivity contribution in [2.45, 2.75) is 0 Å². The molecule has 0 aliphatic rings. The Kier molecular flexibility index (Phi) is 1.47. The first-order chi connectivity index (χ1) is 5.29. The van der Waals surface area contributed by atoms with Crippen LogP contribution in [-0.4, -0.2) is 4.98 Å². The smallest absolute Gasteiger partial charge is 0.119 e. The number of aromatic nitrogens is 1. The van der Waals surface area contributed by atoms with Gasteiger partial charge in [-0.3, -0.25) is 4.98 Å². The van der Waals surface area contributed by atoms with Crippen LogP contribution in [0.15, 0.2) is 18.3 Å². The zero-order valence-electron chi connectivity index (χ0n) is 5.54. The quantitative estimate of drug-likeness (QED) is 0.684. The molecule has 2 heterocycles. The SMILES string of the molecule is Nc1c(Cl)sc2cccnc12. The number of hydrogen-bond acceptors (Lipinski definition) is 3. The van der Waals surface area contributed by atoms with Gasteiger partial charge in [-0.15, -0.1) is 11.3 Å². The van der Waals surface area contributed by atoms with Gasteiger partial charge in [-0.25, -0.2) is 0 Å². The number of fused-ring (bicyclic) bond motifs is 1. The minimum absolute atomic E-state index is 0.590. The van der Waals surface area contributed by atoms with E-state index in [1.165, 1.54) is 11.3 Å². The van der Waals surface area contributed by atoms with E-state index in [4.69, 9.17) is 17.3 Å². The summed E-state index contributed by atoms with van der Waals surface area (Å²) in [5.41, 5.74) is 7.05. The van der Waals surface area contributed by atoms with Crippen molar-refractivity contribution in [1.29, 1.82) is 0 Å². The van der Waals surface area contributed by atoms with Gasteiger partial charge >= 0.3 is 0 Å². The lowest BCUT2D eigenvalue weighted by Gasteiger charge is -1.87. The number of nitrogens with two attached hydrogens (primary N) is 1. The van der Waals surface area contributed by atoms with Gasteiger partial charge in [0, 0.05) is 6.20 Å². The van der Waals surface area contributed by atoms with E-state index in [0.717, 1.165) is 10.2 Å². The van der Waals surface area contributed by atoms with Crippen molar-refractivity contribution in [3.05, 3.63) is 22.7 Å². The van der Waals surface area contributed by atoms with Crippen molar-refractivity contribution >= 4 is 38.8 Å². The summed E-state index contributed by atoms with van der Waals surface area (Å²) >= 11 is 7.26. The topological polar surface area (TPSA) is 38.9 Å². The summed E-state index contributed by atoms with van der Waals surface area (Å²) in [4.78, 5) is 4.10. The molecular weight excluding hydrogens is 180 g/mol. The van der Waals surface area contributed by atoms with E-state index in [1.54, 1.807) is 6.20 Å². The maximum absolute atomic E-state index is 5.81. The maximum Gasteiger partial charge on any atom is 0.119 e. The molecule has 11 heavy (non-hydrogen) atoms. The molecule has 2 rings (SSSR count). The second-order valence-corrected chi connectivity index (χ2v) is 3.79. The lowest BCUT2D eigenvalue weighted by atomic mass is 10.4. The number of thiophene rings is 1. The molecule has 2 aromatic rings. The summed E-state index contributed by atoms with van der Waals surface area (Å²) < 4.78 is 1.66. The number of anilines is 1. The predicted octanol–water partition coefficient (Wildman–Crippen LogP) is 2.53. The van der Waals surface area contributed by atoms with E-state index >= 15 is 0 Å². The third-order valence-electron chi connectivity index (χ3n) is 1.44. The maximum atomic E-state index is 5.81. The molecule has 0 atom stereocenters. The predicted molar refractivity (Wildman–Crippen MR) is 49.0 cm³/mol. The minimum Gasteiger partial charge on any atom is -0.395 e. The number of hydrogen-bond donors (Lipinski definition) is 1. The van der Waals surface area contributed by atoms with Crippen LogP contribution in [0.2, 0.25) is 4.34 Å². The molecule has 0 saturated heterocycles. The molecule has 0 amide bonds. The Morgan fingerprint density at radius 3 is 3.09 bits per heavy atom. The summed E-state index contributed by atoms with van der Waals surface area (Å²) in [5.74, 6) is 0. The van der Waals surface area contributed by atoms with Crippen molar-refractivity contribution in [2.24, 2.45) is 0 Å². The van der Waals surface area contributed by atoms with E-state index in [2.05, 4.69) is 4.98 Å². The van der Waals surface area contributed by atoms with Gasteiger partial charge in [-0.05, 0) is 12.1 Å². The highest BCUT2D eigenvalue weighted by atomic mass is 35.5. The lowest BCUT2D eigenvalue weighted by molar-refractivity contribution is 1.43. The largest absolute Gasteiger partial charge is 0.395 e. The molecule has 0 fully saturated rings. The van der Waals surface area contributed by atoms with E-state index < -0.39 is 0 Å². The van der Waals surface area contributed by atoms with Crippen LogP contribution in [0, 0.1) is 0 Å². The Hall–Kier alpha value is -0.800. The Balaban J connectivity index is 2.92. The molecule has 0 bridgehead atoms. The van der Waals surface area contributed by atoms with Crippen LogP contribution in [0.25, 0.3) is 10.2 Å². The average molecular weight is 185 g/mol. The van der Waals surface area contributed by atoms with Crippen LogP contribution in [0.5, 0.6) is 0 Å². The standard InChI is InChI=1S/C7H5ClN2S/c8-7-5(9)6-4(11-7)2-1-3-10-6/h1-3H,9H2. The molecule has 0 unspecified atom stereocenters. The molecule has 4 heteroatoms. The zero-order chi connectivity index (χ0) is 7.84. The van der Waals surface area contributed by atoms with Gasteiger partial charge in [-0.1, -0.05) is 11.6 Å². The zero-order valence-corrected chi connectivity index (χ0v) is 7.12. The van der Waals surface area contributed by atoms with E-state index in [-0.39, 0.29) is 0 Å². The highest BCUT2D eigenvalue weighted by molar-refractivity contribution is 7.23. The van der Waals surface area contributed by atoms with Crippen molar-refractivity contribution in [3.63, 3.8) is 0 Å². The lowest BCUT2D eigenvalue weighted by Crippen LogP contribution is -1.83. The molecule has 56 valence electrons. The molecule has 0 spiro atoms. The van der Waals surface area contributed by atoms with Crippen LogP contribution in [0.4, 0.5) is 5.69 Å². The van der Waals surface area contributed by atoms with E-state index in [1.807, 2.05) is 12.1 Å². The Labute approximate surface area is 72.6 Å². The van der Waals surface area contributed by atoms with Crippen LogP contribution < -0.4 is 5.73 Å². The van der Waals surface area contributed by atoms with E-state index in [0.29, 0.717) is 10.0 Å². The van der Waals surface area contributed by atoms with Gasteiger partial charge < -0.3 is 5.73 Å². The highest BCUT2D eigenvalue weighted by Gasteiger charge is 2.06. The van der Waals surface area contributed by atoms with Gasteiger partial charge in [0.2, 0.25) is 0 Å². The number of pyridine rings is 1. The van der Waals surface area contributed by atoms with Crippen molar-refractivity contribution in [3.8, 4) is 0 Å². The van der Waals surface area contributed by atoms with Crippen molar-refractivity contribution in [2.75, 3.05) is 5.73 Å². The van der Waals surface area contributed by atoms with Gasteiger partial charge in [-0.2, -0.15) is 0 Å². The van der Waals surface area contributed by atoms with Crippen LogP contribution in [-0.2, 0) is 0 Å². The summed E-state index contributed by atoms with van der Waals surface area (Å²) in [6, 6.07) is 3.82. The van der Waals surface area contributed by atoms with Crippen molar-refractivity contribution in [1.82, 2.24) is 4.98 Å². The van der Waals surface area contributed by atoms with Gasteiger partial charge in [0.1, 0.15) is 9.85 Å². The third-order valence-corrected chi connectivity index (χ3v) is 2.82. The third kappa shape index (κ3) is 0.968. The Morgan fingerprint density at radius 2 is 2.36 bits per heavy atom.